The lowest BCUT2D eigenvalue weighted by atomic mass is 10.2. The number of piperazine rings is 1. The van der Waals surface area contributed by atoms with E-state index in [0.29, 0.717) is 11.4 Å². The zero-order chi connectivity index (χ0) is 16.2. The van der Waals surface area contributed by atoms with Crippen molar-refractivity contribution in [1.29, 1.82) is 0 Å². The first-order valence-electron chi connectivity index (χ1n) is 7.93. The zero-order valence-electron chi connectivity index (χ0n) is 13.6. The second-order valence-electron chi connectivity index (χ2n) is 5.55. The Morgan fingerprint density at radius 2 is 1.87 bits per heavy atom. The van der Waals surface area contributed by atoms with E-state index in [9.17, 15) is 4.79 Å². The monoisotopic (exact) mass is 314 g/mol. The highest BCUT2D eigenvalue weighted by Gasteiger charge is 2.26. The Balaban J connectivity index is 1.82. The summed E-state index contributed by atoms with van der Waals surface area (Å²) in [7, 11) is 1.57. The fourth-order valence-corrected chi connectivity index (χ4v) is 2.79. The Labute approximate surface area is 136 Å². The van der Waals surface area contributed by atoms with Crippen LogP contribution in [0.5, 0.6) is 5.75 Å². The molecule has 3 rings (SSSR count). The highest BCUT2D eigenvalue weighted by atomic mass is 16.5. The molecular weight excluding hydrogens is 292 g/mol. The number of para-hydroxylation sites is 1. The summed E-state index contributed by atoms with van der Waals surface area (Å²) in [4.78, 5) is 17.0. The van der Waals surface area contributed by atoms with E-state index in [2.05, 4.69) is 16.9 Å². The molecule has 0 aliphatic carbocycles. The predicted molar refractivity (Wildman–Crippen MR) is 88.1 cm³/mol. The summed E-state index contributed by atoms with van der Waals surface area (Å²) in [6.45, 7) is 6.44. The molecule has 1 aliphatic heterocycles. The van der Waals surface area contributed by atoms with Crippen molar-refractivity contribution in [1.82, 2.24) is 19.6 Å². The van der Waals surface area contributed by atoms with E-state index in [0.717, 1.165) is 38.4 Å². The van der Waals surface area contributed by atoms with Crippen LogP contribution in [0.15, 0.2) is 36.5 Å². The average Bonchev–Trinajstić information content (AvgIpc) is 3.06. The third-order valence-electron chi connectivity index (χ3n) is 4.23. The van der Waals surface area contributed by atoms with Crippen LogP contribution in [-0.4, -0.2) is 65.3 Å². The molecule has 0 atom stereocenters. The third kappa shape index (κ3) is 3.22. The van der Waals surface area contributed by atoms with Gasteiger partial charge in [0, 0.05) is 26.2 Å². The Morgan fingerprint density at radius 3 is 2.48 bits per heavy atom. The lowest BCUT2D eigenvalue weighted by molar-refractivity contribution is 0.0634. The van der Waals surface area contributed by atoms with Crippen LogP contribution < -0.4 is 4.74 Å². The molecular formula is C17H22N4O2. The second kappa shape index (κ2) is 6.83. The smallest absolute Gasteiger partial charge is 0.278 e. The fourth-order valence-electron chi connectivity index (χ4n) is 2.79. The Morgan fingerprint density at radius 1 is 1.17 bits per heavy atom. The fraction of sp³-hybridized carbons (Fsp3) is 0.412. The van der Waals surface area contributed by atoms with E-state index in [1.165, 1.54) is 0 Å². The van der Waals surface area contributed by atoms with Gasteiger partial charge in [-0.2, -0.15) is 5.10 Å². The lowest BCUT2D eigenvalue weighted by Crippen LogP contribution is -2.48. The first-order chi connectivity index (χ1) is 11.2. The Kier molecular flexibility index (Phi) is 4.62. The lowest BCUT2D eigenvalue weighted by Gasteiger charge is -2.33. The number of carbonyl (C=O) groups is 1. The number of ether oxygens (including phenoxy) is 1. The van der Waals surface area contributed by atoms with Crippen molar-refractivity contribution >= 4 is 5.91 Å². The number of aromatic nitrogens is 2. The summed E-state index contributed by atoms with van der Waals surface area (Å²) >= 11 is 0. The number of benzene rings is 1. The molecule has 1 aromatic heterocycles. The molecule has 1 fully saturated rings. The van der Waals surface area contributed by atoms with Crippen LogP contribution in [0.2, 0.25) is 0 Å². The molecule has 0 bridgehead atoms. The van der Waals surface area contributed by atoms with Gasteiger partial charge in [-0.1, -0.05) is 25.1 Å². The van der Waals surface area contributed by atoms with Gasteiger partial charge in [-0.05, 0) is 18.7 Å². The number of rotatable bonds is 4. The number of carbonyl (C=O) groups excluding carboxylic acids is 1. The first-order valence-corrected chi connectivity index (χ1v) is 7.93. The van der Waals surface area contributed by atoms with E-state index in [1.807, 2.05) is 35.2 Å². The standard InChI is InChI=1S/C17H22N4O2/c1-3-19-9-11-20(12-10-19)17(22)16-15(23-2)13-21(18-16)14-7-5-4-6-8-14/h4-8,13H,3,9-12H2,1-2H3. The molecule has 0 N–H and O–H groups in total. The number of likely N-dealkylation sites (N-methyl/N-ethyl adjacent to an activating group) is 1. The molecule has 0 radical (unpaired) electrons. The van der Waals surface area contributed by atoms with Gasteiger partial charge in [0.2, 0.25) is 0 Å². The minimum absolute atomic E-state index is 0.0627. The Hall–Kier alpha value is -2.34. The maximum atomic E-state index is 12.8. The molecule has 2 heterocycles. The summed E-state index contributed by atoms with van der Waals surface area (Å²) < 4.78 is 7.05. The van der Waals surface area contributed by atoms with Crippen molar-refractivity contribution in [3.05, 3.63) is 42.2 Å². The van der Waals surface area contributed by atoms with E-state index >= 15 is 0 Å². The van der Waals surface area contributed by atoms with Crippen molar-refractivity contribution in [2.75, 3.05) is 39.8 Å². The van der Waals surface area contributed by atoms with Crippen LogP contribution in [-0.2, 0) is 0 Å². The van der Waals surface area contributed by atoms with Gasteiger partial charge in [0.15, 0.2) is 11.4 Å². The normalized spacial score (nSPS) is 15.7. The van der Waals surface area contributed by atoms with Gasteiger partial charge in [0.05, 0.1) is 19.0 Å². The molecule has 0 saturated carbocycles. The highest BCUT2D eigenvalue weighted by molar-refractivity contribution is 5.95. The van der Waals surface area contributed by atoms with E-state index < -0.39 is 0 Å². The van der Waals surface area contributed by atoms with Crippen LogP contribution in [0.3, 0.4) is 0 Å². The minimum atomic E-state index is -0.0627. The molecule has 0 spiro atoms. The van der Waals surface area contributed by atoms with Crippen LogP contribution in [0, 0.1) is 0 Å². The van der Waals surface area contributed by atoms with Crippen molar-refractivity contribution in [3.8, 4) is 11.4 Å². The largest absolute Gasteiger partial charge is 0.493 e. The highest BCUT2D eigenvalue weighted by Crippen LogP contribution is 2.21. The van der Waals surface area contributed by atoms with Gasteiger partial charge >= 0.3 is 0 Å². The summed E-state index contributed by atoms with van der Waals surface area (Å²) in [5, 5.41) is 4.45. The minimum Gasteiger partial charge on any atom is -0.493 e. The molecule has 1 saturated heterocycles. The molecule has 6 heteroatoms. The summed E-state index contributed by atoms with van der Waals surface area (Å²) in [5.74, 6) is 0.448. The molecule has 0 unspecified atom stereocenters. The SMILES string of the molecule is CCN1CCN(C(=O)c2nn(-c3ccccc3)cc2OC)CC1. The molecule has 1 aliphatic rings. The predicted octanol–water partition coefficient (Wildman–Crippen LogP) is 1.66. The van der Waals surface area contributed by atoms with Crippen molar-refractivity contribution < 1.29 is 9.53 Å². The number of methoxy groups -OCH3 is 1. The summed E-state index contributed by atoms with van der Waals surface area (Å²) in [5.41, 5.74) is 1.28. The maximum absolute atomic E-state index is 12.8. The molecule has 23 heavy (non-hydrogen) atoms. The first kappa shape index (κ1) is 15.6. The molecule has 2 aromatic rings. The van der Waals surface area contributed by atoms with Crippen molar-refractivity contribution in [2.24, 2.45) is 0 Å². The molecule has 1 amide bonds. The zero-order valence-corrected chi connectivity index (χ0v) is 13.6. The van der Waals surface area contributed by atoms with Gasteiger partial charge < -0.3 is 14.5 Å². The van der Waals surface area contributed by atoms with Crippen LogP contribution >= 0.6 is 0 Å². The molecule has 6 nitrogen and oxygen atoms in total. The van der Waals surface area contributed by atoms with E-state index in [-0.39, 0.29) is 5.91 Å². The number of amides is 1. The quantitative estimate of drug-likeness (QED) is 0.861. The van der Waals surface area contributed by atoms with Crippen molar-refractivity contribution in [2.45, 2.75) is 6.92 Å². The summed E-state index contributed by atoms with van der Waals surface area (Å²) in [6.07, 6.45) is 1.75. The second-order valence-corrected chi connectivity index (χ2v) is 5.55. The van der Waals surface area contributed by atoms with Crippen LogP contribution in [0.1, 0.15) is 17.4 Å². The van der Waals surface area contributed by atoms with E-state index in [1.54, 1.807) is 18.0 Å². The number of hydrogen-bond donors (Lipinski definition) is 0. The Bertz CT molecular complexity index is 660. The topological polar surface area (TPSA) is 50.6 Å². The van der Waals surface area contributed by atoms with Crippen LogP contribution in [0.4, 0.5) is 0 Å². The maximum Gasteiger partial charge on any atom is 0.278 e. The van der Waals surface area contributed by atoms with Gasteiger partial charge in [0.1, 0.15) is 0 Å². The third-order valence-corrected chi connectivity index (χ3v) is 4.23. The van der Waals surface area contributed by atoms with Gasteiger partial charge in [-0.25, -0.2) is 4.68 Å². The average molecular weight is 314 g/mol. The molecule has 1 aromatic carbocycles. The van der Waals surface area contributed by atoms with Crippen molar-refractivity contribution in [3.63, 3.8) is 0 Å². The van der Waals surface area contributed by atoms with Gasteiger partial charge in [-0.3, -0.25) is 4.79 Å². The van der Waals surface area contributed by atoms with Gasteiger partial charge in [0.25, 0.3) is 5.91 Å². The van der Waals surface area contributed by atoms with Crippen LogP contribution in [0.25, 0.3) is 5.69 Å². The summed E-state index contributed by atoms with van der Waals surface area (Å²) in [6, 6.07) is 9.72. The number of hydrogen-bond acceptors (Lipinski definition) is 4. The van der Waals surface area contributed by atoms with E-state index in [4.69, 9.17) is 4.74 Å². The molecule has 122 valence electrons. The van der Waals surface area contributed by atoms with Gasteiger partial charge in [-0.15, -0.1) is 0 Å². The number of nitrogens with zero attached hydrogens (tertiary/aromatic N) is 4.